The SMILES string of the molecule is CCCNC(=O)c1cc(NC(=O)c2ccccc2)ccc1N1CCCC1. The Hall–Kier alpha value is -2.82. The number of hydrogen-bond donors (Lipinski definition) is 2. The van der Waals surface area contributed by atoms with Crippen molar-refractivity contribution in [2.24, 2.45) is 0 Å². The van der Waals surface area contributed by atoms with E-state index in [9.17, 15) is 9.59 Å². The quantitative estimate of drug-likeness (QED) is 0.834. The number of amides is 2. The first-order valence-electron chi connectivity index (χ1n) is 9.22. The Bertz CT molecular complexity index is 768. The Morgan fingerprint density at radius 1 is 1.00 bits per heavy atom. The van der Waals surface area contributed by atoms with E-state index in [4.69, 9.17) is 0 Å². The maximum absolute atomic E-state index is 12.6. The molecule has 0 saturated carbocycles. The van der Waals surface area contributed by atoms with Crippen molar-refractivity contribution >= 4 is 23.2 Å². The highest BCUT2D eigenvalue weighted by molar-refractivity contribution is 6.06. The van der Waals surface area contributed by atoms with E-state index in [0.29, 0.717) is 23.4 Å². The summed E-state index contributed by atoms with van der Waals surface area (Å²) in [6.07, 6.45) is 3.17. The highest BCUT2D eigenvalue weighted by atomic mass is 16.2. The minimum atomic E-state index is -0.181. The van der Waals surface area contributed by atoms with Gasteiger partial charge < -0.3 is 15.5 Å². The van der Waals surface area contributed by atoms with Crippen LogP contribution in [0.25, 0.3) is 0 Å². The van der Waals surface area contributed by atoms with Crippen LogP contribution in [0.5, 0.6) is 0 Å². The van der Waals surface area contributed by atoms with Gasteiger partial charge in [0, 0.05) is 36.6 Å². The minimum Gasteiger partial charge on any atom is -0.371 e. The fourth-order valence-electron chi connectivity index (χ4n) is 3.16. The lowest BCUT2D eigenvalue weighted by Crippen LogP contribution is -2.28. The standard InChI is InChI=1S/C21H25N3O2/c1-2-12-22-21(26)18-15-17(10-11-19(18)24-13-6-7-14-24)23-20(25)16-8-4-3-5-9-16/h3-5,8-11,15H,2,6-7,12-14H2,1H3,(H,22,26)(H,23,25). The molecule has 0 aliphatic carbocycles. The second kappa shape index (κ2) is 8.52. The van der Waals surface area contributed by atoms with Crippen molar-refractivity contribution in [1.82, 2.24) is 5.32 Å². The number of hydrogen-bond acceptors (Lipinski definition) is 3. The van der Waals surface area contributed by atoms with Crippen LogP contribution in [0.3, 0.4) is 0 Å². The zero-order valence-electron chi connectivity index (χ0n) is 15.1. The van der Waals surface area contributed by atoms with E-state index in [1.807, 2.05) is 37.3 Å². The lowest BCUT2D eigenvalue weighted by Gasteiger charge is -2.22. The van der Waals surface area contributed by atoms with Crippen LogP contribution in [-0.2, 0) is 0 Å². The molecule has 1 saturated heterocycles. The first kappa shape index (κ1) is 18.0. The molecule has 26 heavy (non-hydrogen) atoms. The molecule has 1 heterocycles. The minimum absolute atomic E-state index is 0.0930. The lowest BCUT2D eigenvalue weighted by molar-refractivity contribution is 0.0952. The van der Waals surface area contributed by atoms with Gasteiger partial charge in [0.2, 0.25) is 0 Å². The van der Waals surface area contributed by atoms with Crippen molar-refractivity contribution < 1.29 is 9.59 Å². The molecule has 136 valence electrons. The van der Waals surface area contributed by atoms with Crippen LogP contribution in [0.1, 0.15) is 46.9 Å². The van der Waals surface area contributed by atoms with E-state index in [0.717, 1.165) is 38.0 Å². The fraction of sp³-hybridized carbons (Fsp3) is 0.333. The third-order valence-corrected chi connectivity index (χ3v) is 4.52. The summed E-state index contributed by atoms with van der Waals surface area (Å²) in [5, 5.41) is 5.84. The molecule has 2 aromatic carbocycles. The predicted molar refractivity (Wildman–Crippen MR) is 105 cm³/mol. The molecule has 0 unspecified atom stereocenters. The third-order valence-electron chi connectivity index (χ3n) is 4.52. The van der Waals surface area contributed by atoms with Crippen molar-refractivity contribution in [1.29, 1.82) is 0 Å². The van der Waals surface area contributed by atoms with Crippen molar-refractivity contribution in [2.45, 2.75) is 26.2 Å². The number of carbonyl (C=O) groups is 2. The average Bonchev–Trinajstić information content (AvgIpc) is 3.21. The first-order chi connectivity index (χ1) is 12.7. The zero-order valence-corrected chi connectivity index (χ0v) is 15.1. The molecular formula is C21H25N3O2. The van der Waals surface area contributed by atoms with Crippen LogP contribution in [0, 0.1) is 0 Å². The second-order valence-corrected chi connectivity index (χ2v) is 6.50. The summed E-state index contributed by atoms with van der Waals surface area (Å²) in [6.45, 7) is 4.59. The van der Waals surface area contributed by atoms with Gasteiger partial charge in [0.25, 0.3) is 11.8 Å². The van der Waals surface area contributed by atoms with Gasteiger partial charge in [0.1, 0.15) is 0 Å². The molecule has 0 radical (unpaired) electrons. The molecule has 0 spiro atoms. The highest BCUT2D eigenvalue weighted by Gasteiger charge is 2.20. The number of anilines is 2. The molecule has 5 nitrogen and oxygen atoms in total. The summed E-state index contributed by atoms with van der Waals surface area (Å²) >= 11 is 0. The van der Waals surface area contributed by atoms with Gasteiger partial charge in [-0.3, -0.25) is 9.59 Å². The van der Waals surface area contributed by atoms with Crippen LogP contribution < -0.4 is 15.5 Å². The Kier molecular flexibility index (Phi) is 5.89. The molecule has 1 aliphatic rings. The van der Waals surface area contributed by atoms with Crippen LogP contribution in [0.4, 0.5) is 11.4 Å². The maximum Gasteiger partial charge on any atom is 0.255 e. The molecule has 0 aromatic heterocycles. The van der Waals surface area contributed by atoms with Gasteiger partial charge in [-0.2, -0.15) is 0 Å². The molecule has 3 rings (SSSR count). The summed E-state index contributed by atoms with van der Waals surface area (Å²) in [5.74, 6) is -0.274. The molecule has 0 atom stereocenters. The van der Waals surface area contributed by atoms with Gasteiger partial charge in [-0.25, -0.2) is 0 Å². The van der Waals surface area contributed by atoms with Gasteiger partial charge in [-0.1, -0.05) is 25.1 Å². The van der Waals surface area contributed by atoms with Crippen molar-refractivity contribution in [3.05, 3.63) is 59.7 Å². The molecule has 2 aromatic rings. The van der Waals surface area contributed by atoms with Gasteiger partial charge in [0.05, 0.1) is 5.56 Å². The van der Waals surface area contributed by atoms with Crippen LogP contribution >= 0.6 is 0 Å². The summed E-state index contributed by atoms with van der Waals surface area (Å²) in [4.78, 5) is 27.3. The summed E-state index contributed by atoms with van der Waals surface area (Å²) in [5.41, 5.74) is 2.77. The van der Waals surface area contributed by atoms with Crippen molar-refractivity contribution in [3.8, 4) is 0 Å². The van der Waals surface area contributed by atoms with Crippen LogP contribution in [0.15, 0.2) is 48.5 Å². The summed E-state index contributed by atoms with van der Waals surface area (Å²) in [6, 6.07) is 14.6. The monoisotopic (exact) mass is 351 g/mol. The van der Waals surface area contributed by atoms with Gasteiger partial charge in [-0.15, -0.1) is 0 Å². The van der Waals surface area contributed by atoms with Gasteiger partial charge in [0.15, 0.2) is 0 Å². The Labute approximate surface area is 154 Å². The van der Waals surface area contributed by atoms with E-state index in [1.165, 1.54) is 0 Å². The van der Waals surface area contributed by atoms with Crippen molar-refractivity contribution in [3.63, 3.8) is 0 Å². The largest absolute Gasteiger partial charge is 0.371 e. The number of carbonyl (C=O) groups excluding carboxylic acids is 2. The topological polar surface area (TPSA) is 61.4 Å². The number of rotatable bonds is 6. The van der Waals surface area contributed by atoms with Gasteiger partial charge >= 0.3 is 0 Å². The van der Waals surface area contributed by atoms with E-state index < -0.39 is 0 Å². The molecule has 1 fully saturated rings. The first-order valence-corrected chi connectivity index (χ1v) is 9.22. The molecule has 5 heteroatoms. The smallest absolute Gasteiger partial charge is 0.255 e. The van der Waals surface area contributed by atoms with E-state index >= 15 is 0 Å². The number of nitrogens with zero attached hydrogens (tertiary/aromatic N) is 1. The molecule has 2 N–H and O–H groups in total. The maximum atomic E-state index is 12.6. The molecule has 0 bridgehead atoms. The Morgan fingerprint density at radius 2 is 1.73 bits per heavy atom. The predicted octanol–water partition coefficient (Wildman–Crippen LogP) is 3.68. The van der Waals surface area contributed by atoms with E-state index in [2.05, 4.69) is 15.5 Å². The zero-order chi connectivity index (χ0) is 18.4. The molecule has 1 aliphatic heterocycles. The molecular weight excluding hydrogens is 326 g/mol. The third kappa shape index (κ3) is 4.23. The van der Waals surface area contributed by atoms with Crippen LogP contribution in [-0.4, -0.2) is 31.4 Å². The highest BCUT2D eigenvalue weighted by Crippen LogP contribution is 2.27. The summed E-state index contributed by atoms with van der Waals surface area (Å²) < 4.78 is 0. The van der Waals surface area contributed by atoms with Gasteiger partial charge in [-0.05, 0) is 49.6 Å². The van der Waals surface area contributed by atoms with E-state index in [-0.39, 0.29) is 11.8 Å². The van der Waals surface area contributed by atoms with Crippen molar-refractivity contribution in [2.75, 3.05) is 29.9 Å². The average molecular weight is 351 g/mol. The lowest BCUT2D eigenvalue weighted by atomic mass is 10.1. The number of nitrogens with one attached hydrogen (secondary N) is 2. The second-order valence-electron chi connectivity index (χ2n) is 6.50. The van der Waals surface area contributed by atoms with E-state index in [1.54, 1.807) is 18.2 Å². The molecule has 2 amide bonds. The normalized spacial score (nSPS) is 13.5. The Morgan fingerprint density at radius 3 is 2.42 bits per heavy atom. The summed E-state index contributed by atoms with van der Waals surface area (Å²) in [7, 11) is 0. The Balaban J connectivity index is 1.85. The van der Waals surface area contributed by atoms with Crippen LogP contribution in [0.2, 0.25) is 0 Å². The number of benzene rings is 2. The fourth-order valence-corrected chi connectivity index (χ4v) is 3.16.